The van der Waals surface area contributed by atoms with E-state index in [0.717, 1.165) is 133 Å². The summed E-state index contributed by atoms with van der Waals surface area (Å²) in [5, 5.41) is 3.05. The number of hydrogen-bond donors (Lipinski definition) is 0. The molecule has 0 atom stereocenters. The first-order valence-corrected chi connectivity index (χ1v) is 50.4. The minimum Gasteiger partial charge on any atom is -0.265 e. The van der Waals surface area contributed by atoms with Crippen LogP contribution in [-0.2, 0) is 0 Å². The van der Waals surface area contributed by atoms with Gasteiger partial charge in [-0.3, -0.25) is 15.0 Å². The number of aromatic nitrogens is 9. The second kappa shape index (κ2) is 42.8. The summed E-state index contributed by atoms with van der Waals surface area (Å²) in [7, 11) is 0. The third kappa shape index (κ3) is 20.5. The van der Waals surface area contributed by atoms with E-state index in [1.165, 1.54) is 106 Å². The van der Waals surface area contributed by atoms with Crippen molar-refractivity contribution in [1.29, 1.82) is 0 Å². The number of hydrogen-bond acceptors (Lipinski definition) is 9. The second-order valence-corrected chi connectivity index (χ2v) is 37.2. The van der Waals surface area contributed by atoms with Gasteiger partial charge in [0, 0.05) is 86.1 Å². The predicted molar refractivity (Wildman–Crippen MR) is 621 cm³/mol. The normalized spacial score (nSPS) is 11.1. The van der Waals surface area contributed by atoms with E-state index in [-0.39, 0.29) is 0 Å². The van der Waals surface area contributed by atoms with Gasteiger partial charge in [0.05, 0.1) is 39.3 Å². The van der Waals surface area contributed by atoms with E-state index >= 15 is 0 Å². The van der Waals surface area contributed by atoms with Gasteiger partial charge < -0.3 is 0 Å². The molecule has 6 aromatic heterocycles. The maximum atomic E-state index is 5.20. The minimum absolute atomic E-state index is 0.676. The fraction of sp³-hybridized carbons (Fsp3) is 0. The van der Waals surface area contributed by atoms with Crippen LogP contribution in [0.15, 0.2) is 577 Å². The lowest BCUT2D eigenvalue weighted by molar-refractivity contribution is 1.22. The number of rotatable bonds is 20. The van der Waals surface area contributed by atoms with Crippen molar-refractivity contribution >= 4 is 32.7 Å². The summed E-state index contributed by atoms with van der Waals surface area (Å²) < 4.78 is 0. The van der Waals surface area contributed by atoms with Gasteiger partial charge in [-0.15, -0.1) is 0 Å². The molecular formula is C141H95N9. The van der Waals surface area contributed by atoms with E-state index in [2.05, 4.69) is 477 Å². The molecule has 0 spiro atoms. The van der Waals surface area contributed by atoms with Crippen LogP contribution in [0.4, 0.5) is 0 Å². The van der Waals surface area contributed by atoms with Crippen LogP contribution in [0.2, 0.25) is 0 Å². The Balaban J connectivity index is 0.000000120. The molecule has 0 N–H and O–H groups in total. The van der Waals surface area contributed by atoms with Gasteiger partial charge in [0.25, 0.3) is 0 Å². The molecule has 0 aliphatic rings. The Kier molecular flexibility index (Phi) is 26.3. The van der Waals surface area contributed by atoms with Gasteiger partial charge in [0.1, 0.15) is 0 Å². The molecule has 0 fully saturated rings. The van der Waals surface area contributed by atoms with Gasteiger partial charge in [-0.25, -0.2) is 29.9 Å². The quantitative estimate of drug-likeness (QED) is 0.0735. The summed E-state index contributed by atoms with van der Waals surface area (Å²) in [4.78, 5) is 43.6. The molecule has 20 aromatic carbocycles. The highest BCUT2D eigenvalue weighted by Crippen LogP contribution is 2.42. The monoisotopic (exact) mass is 1910 g/mol. The summed E-state index contributed by atoms with van der Waals surface area (Å²) in [5.41, 5.74) is 44.0. The number of pyridine rings is 3. The van der Waals surface area contributed by atoms with Crippen LogP contribution < -0.4 is 0 Å². The summed E-state index contributed by atoms with van der Waals surface area (Å²) in [5.74, 6) is 2.09. The van der Waals surface area contributed by atoms with Crippen molar-refractivity contribution in [3.63, 3.8) is 0 Å². The molecule has 9 heteroatoms. The largest absolute Gasteiger partial charge is 0.265 e. The molecule has 0 aliphatic heterocycles. The number of benzene rings is 20. The third-order valence-corrected chi connectivity index (χ3v) is 27.5. The molecule has 26 rings (SSSR count). The molecule has 0 aliphatic carbocycles. The molecule has 6 heterocycles. The fourth-order valence-corrected chi connectivity index (χ4v) is 19.8. The van der Waals surface area contributed by atoms with Crippen LogP contribution >= 0.6 is 0 Å². The SMILES string of the molecule is c1ccc(-c2ccc(-c3nc(-c4cccc(-c5cccc(-c6cccc(-c7cccc(-c8ccccc8)c7)c6)c5)c4)nc4ccccc34)cc2)cc1.c1ccc(-c2cccc(-c3cccc(-c4cccc(-c5cccc(-c6nc(-c7ccc(-c8ccncc8)nc7)c7ccccc7n6)c5)c4)c3)c2)cc1.c1ccc(-c2cccc(-c3cccc(-c4cccc(-c5cccc(-c6nc(-c7ccncc7)c7ccccc7n6)c5)c4)c3)c2)cc1. The first-order valence-electron chi connectivity index (χ1n) is 50.4. The molecular weight excluding hydrogens is 1820 g/mol. The van der Waals surface area contributed by atoms with Gasteiger partial charge in [-0.05, 0) is 272 Å². The van der Waals surface area contributed by atoms with Crippen molar-refractivity contribution in [3.05, 3.63) is 577 Å². The Morgan fingerprint density at radius 1 is 0.113 bits per heavy atom. The first-order chi connectivity index (χ1) is 74.3. The molecule has 26 aromatic rings. The lowest BCUT2D eigenvalue weighted by Gasteiger charge is -2.12. The molecule has 704 valence electrons. The minimum atomic E-state index is 0.676. The average molecular weight is 1920 g/mol. The second-order valence-electron chi connectivity index (χ2n) is 37.2. The Bertz CT molecular complexity index is 8980. The molecule has 0 amide bonds. The zero-order valence-corrected chi connectivity index (χ0v) is 81.9. The van der Waals surface area contributed by atoms with Crippen molar-refractivity contribution in [2.24, 2.45) is 0 Å². The van der Waals surface area contributed by atoms with E-state index in [1.807, 2.05) is 85.1 Å². The number of para-hydroxylation sites is 3. The standard InChI is InChI=1S/C50H34N2.C48H32N4.C43H29N3/c1-3-13-35(14-4-1)37-27-29-38(30-28-37)49-47-25-7-8-26-48(47)51-50(52-49)46-24-12-23-45(34-46)44-22-11-21-43(33-44)42-20-10-19-41(32-42)40-18-9-17-39(31-40)36-15-5-2-6-16-36;1-2-10-33(11-3-1)35-12-6-13-36(28-35)37-14-7-15-38(29-37)39-16-8-17-40(30-39)41-18-9-19-42(31-41)48-51-46-21-5-4-20-44(46)47(52-48)43-22-23-45(50-32-43)34-24-26-49-27-25-34;1-2-10-30(11-3-1)32-12-6-13-33(26-32)34-14-7-15-35(27-34)36-16-8-17-37(28-36)38-18-9-19-39(29-38)43-45-41-21-5-4-20-40(41)42(46-43)31-22-24-44-25-23-31/h1-34H;1-32H;1-29H. The maximum Gasteiger partial charge on any atom is 0.160 e. The van der Waals surface area contributed by atoms with Crippen molar-refractivity contribution in [1.82, 2.24) is 44.9 Å². The van der Waals surface area contributed by atoms with E-state index < -0.39 is 0 Å². The van der Waals surface area contributed by atoms with Crippen molar-refractivity contribution in [2.75, 3.05) is 0 Å². The molecule has 0 radical (unpaired) electrons. The van der Waals surface area contributed by atoms with E-state index in [1.54, 1.807) is 24.8 Å². The summed E-state index contributed by atoms with van der Waals surface area (Å²) >= 11 is 0. The van der Waals surface area contributed by atoms with Crippen LogP contribution in [0.3, 0.4) is 0 Å². The fourth-order valence-electron chi connectivity index (χ4n) is 19.8. The summed E-state index contributed by atoms with van der Waals surface area (Å²) in [6, 6.07) is 192. The highest BCUT2D eigenvalue weighted by atomic mass is 14.9. The van der Waals surface area contributed by atoms with Gasteiger partial charge in [-0.1, -0.05) is 419 Å². The van der Waals surface area contributed by atoms with Crippen molar-refractivity contribution < 1.29 is 0 Å². The smallest absolute Gasteiger partial charge is 0.160 e. The first kappa shape index (κ1) is 92.3. The molecule has 0 unspecified atom stereocenters. The molecule has 9 nitrogen and oxygen atoms in total. The Hall–Kier alpha value is -20.1. The van der Waals surface area contributed by atoms with Crippen LogP contribution in [-0.4, -0.2) is 44.9 Å². The Labute approximate surface area is 872 Å². The van der Waals surface area contributed by atoms with Gasteiger partial charge >= 0.3 is 0 Å². The Morgan fingerprint density at radius 3 is 0.547 bits per heavy atom. The van der Waals surface area contributed by atoms with Gasteiger partial charge in [-0.2, -0.15) is 0 Å². The van der Waals surface area contributed by atoms with Crippen molar-refractivity contribution in [3.8, 4) is 224 Å². The number of fused-ring (bicyclic) bond motifs is 3. The lowest BCUT2D eigenvalue weighted by Crippen LogP contribution is -1.96. The van der Waals surface area contributed by atoms with Crippen molar-refractivity contribution in [2.45, 2.75) is 0 Å². The molecule has 150 heavy (non-hydrogen) atoms. The van der Waals surface area contributed by atoms with Crippen LogP contribution in [0, 0.1) is 0 Å². The number of nitrogens with zero attached hydrogens (tertiary/aromatic N) is 9. The van der Waals surface area contributed by atoms with Crippen LogP contribution in [0.5, 0.6) is 0 Å². The summed E-state index contributed by atoms with van der Waals surface area (Å²) in [6.45, 7) is 0. The van der Waals surface area contributed by atoms with Crippen LogP contribution in [0.1, 0.15) is 0 Å². The molecule has 0 bridgehead atoms. The highest BCUT2D eigenvalue weighted by molar-refractivity contribution is 5.98. The maximum absolute atomic E-state index is 5.20. The van der Waals surface area contributed by atoms with E-state index in [4.69, 9.17) is 34.9 Å². The van der Waals surface area contributed by atoms with E-state index in [9.17, 15) is 0 Å². The summed E-state index contributed by atoms with van der Waals surface area (Å²) in [6.07, 6.45) is 9.06. The zero-order chi connectivity index (χ0) is 100. The average Bonchev–Trinajstić information content (AvgIpc) is 0.778. The molecule has 0 saturated heterocycles. The van der Waals surface area contributed by atoms with Gasteiger partial charge in [0.2, 0.25) is 0 Å². The van der Waals surface area contributed by atoms with E-state index in [0.29, 0.717) is 17.5 Å². The van der Waals surface area contributed by atoms with Crippen LogP contribution in [0.25, 0.3) is 257 Å². The topological polar surface area (TPSA) is 116 Å². The molecule has 0 saturated carbocycles. The third-order valence-electron chi connectivity index (χ3n) is 27.5. The lowest BCUT2D eigenvalue weighted by atomic mass is 9.94. The zero-order valence-electron chi connectivity index (χ0n) is 81.9. The predicted octanol–water partition coefficient (Wildman–Crippen LogP) is 36.4. The Morgan fingerprint density at radius 2 is 0.293 bits per heavy atom. The highest BCUT2D eigenvalue weighted by Gasteiger charge is 2.21. The van der Waals surface area contributed by atoms with Gasteiger partial charge in [0.15, 0.2) is 17.5 Å².